The largest absolute Gasteiger partial charge is 0.486 e. The van der Waals surface area contributed by atoms with Crippen LogP contribution < -0.4 is 19.7 Å². The molecule has 0 spiro atoms. The zero-order valence-electron chi connectivity index (χ0n) is 16.2. The van der Waals surface area contributed by atoms with Gasteiger partial charge in [-0.25, -0.2) is 0 Å². The highest BCUT2D eigenvalue weighted by atomic mass is 16.6. The first-order valence-electron chi connectivity index (χ1n) is 9.91. The molecule has 2 aliphatic heterocycles. The molecule has 1 N–H and O–H groups in total. The molecule has 2 aromatic rings. The minimum atomic E-state index is -0.454. The fourth-order valence-corrected chi connectivity index (χ4v) is 3.57. The number of benzene rings is 2. The van der Waals surface area contributed by atoms with Gasteiger partial charge in [-0.05, 0) is 55.2 Å². The lowest BCUT2D eigenvalue weighted by Crippen LogP contribution is -2.29. The van der Waals surface area contributed by atoms with Crippen LogP contribution in [0.15, 0.2) is 48.0 Å². The number of fused-ring (bicyclic) bond motifs is 1. The van der Waals surface area contributed by atoms with E-state index in [1.807, 2.05) is 30.3 Å². The van der Waals surface area contributed by atoms with Crippen LogP contribution in [0.3, 0.4) is 0 Å². The first kappa shape index (κ1) is 18.9. The molecule has 148 valence electrons. The highest BCUT2D eigenvalue weighted by Gasteiger charge is 2.15. The van der Waals surface area contributed by atoms with E-state index in [9.17, 15) is 10.1 Å². The number of carbonyl (C=O) groups is 1. The van der Waals surface area contributed by atoms with Crippen LogP contribution in [0.1, 0.15) is 24.8 Å². The monoisotopic (exact) mass is 389 g/mol. The van der Waals surface area contributed by atoms with E-state index >= 15 is 0 Å². The van der Waals surface area contributed by atoms with Gasteiger partial charge in [-0.1, -0.05) is 12.1 Å². The topological polar surface area (TPSA) is 74.6 Å². The van der Waals surface area contributed by atoms with E-state index in [0.717, 1.165) is 18.7 Å². The van der Waals surface area contributed by atoms with Crippen molar-refractivity contribution in [1.82, 2.24) is 0 Å². The number of carbonyl (C=O) groups excluding carboxylic acids is 1. The van der Waals surface area contributed by atoms with E-state index in [1.54, 1.807) is 24.3 Å². The third kappa shape index (κ3) is 4.52. The van der Waals surface area contributed by atoms with Gasteiger partial charge in [-0.2, -0.15) is 5.26 Å². The Balaban J connectivity index is 1.45. The Hall–Kier alpha value is -3.46. The second kappa shape index (κ2) is 8.70. The van der Waals surface area contributed by atoms with E-state index in [4.69, 9.17) is 9.47 Å². The smallest absolute Gasteiger partial charge is 0.266 e. The van der Waals surface area contributed by atoms with E-state index in [-0.39, 0.29) is 5.57 Å². The van der Waals surface area contributed by atoms with Crippen molar-refractivity contribution in [2.45, 2.75) is 19.3 Å². The SMILES string of the molecule is N#C/C(=C\c1ccc(N2CCCCC2)cc1)C(=O)Nc1ccc2c(c1)OCCO2. The molecule has 0 aliphatic carbocycles. The average molecular weight is 389 g/mol. The highest BCUT2D eigenvalue weighted by Crippen LogP contribution is 2.32. The van der Waals surface area contributed by atoms with Gasteiger partial charge < -0.3 is 19.7 Å². The third-order valence-corrected chi connectivity index (χ3v) is 5.09. The summed E-state index contributed by atoms with van der Waals surface area (Å²) in [4.78, 5) is 14.9. The maximum Gasteiger partial charge on any atom is 0.266 e. The molecular weight excluding hydrogens is 366 g/mol. The highest BCUT2D eigenvalue weighted by molar-refractivity contribution is 6.09. The van der Waals surface area contributed by atoms with Crippen LogP contribution in [-0.2, 0) is 4.79 Å². The molecule has 2 heterocycles. The molecule has 0 atom stereocenters. The Morgan fingerprint density at radius 3 is 2.45 bits per heavy atom. The van der Waals surface area contributed by atoms with Crippen LogP contribution >= 0.6 is 0 Å². The van der Waals surface area contributed by atoms with Gasteiger partial charge in [0.2, 0.25) is 0 Å². The van der Waals surface area contributed by atoms with Crippen molar-refractivity contribution in [3.8, 4) is 17.6 Å². The minimum absolute atomic E-state index is 0.0469. The summed E-state index contributed by atoms with van der Waals surface area (Å²) in [7, 11) is 0. The Kier molecular flexibility index (Phi) is 5.66. The second-order valence-corrected chi connectivity index (χ2v) is 7.12. The van der Waals surface area contributed by atoms with Crippen molar-refractivity contribution in [1.29, 1.82) is 5.26 Å². The van der Waals surface area contributed by atoms with Crippen LogP contribution in [0, 0.1) is 11.3 Å². The van der Waals surface area contributed by atoms with Crippen molar-refractivity contribution < 1.29 is 14.3 Å². The molecule has 0 unspecified atom stereocenters. The van der Waals surface area contributed by atoms with Crippen molar-refractivity contribution in [3.05, 3.63) is 53.6 Å². The van der Waals surface area contributed by atoms with Crippen LogP contribution in [0.4, 0.5) is 11.4 Å². The summed E-state index contributed by atoms with van der Waals surface area (Å²) in [6.07, 6.45) is 5.34. The molecule has 1 saturated heterocycles. The Bertz CT molecular complexity index is 954. The fourth-order valence-electron chi connectivity index (χ4n) is 3.57. The Labute approximate surface area is 170 Å². The molecule has 1 amide bonds. The number of nitriles is 1. The summed E-state index contributed by atoms with van der Waals surface area (Å²) in [5.74, 6) is 0.785. The van der Waals surface area contributed by atoms with Crippen LogP contribution in [0.2, 0.25) is 0 Å². The number of anilines is 2. The van der Waals surface area contributed by atoms with Gasteiger partial charge in [0.1, 0.15) is 24.9 Å². The zero-order valence-corrected chi connectivity index (χ0v) is 16.2. The lowest BCUT2D eigenvalue weighted by atomic mass is 10.1. The van der Waals surface area contributed by atoms with Crippen LogP contribution in [-0.4, -0.2) is 32.2 Å². The normalized spacial score (nSPS) is 16.1. The summed E-state index contributed by atoms with van der Waals surface area (Å²) in [6, 6.07) is 15.2. The Morgan fingerprint density at radius 1 is 1.00 bits per heavy atom. The first-order chi connectivity index (χ1) is 14.2. The number of piperidine rings is 1. The van der Waals surface area contributed by atoms with Gasteiger partial charge in [0, 0.05) is 30.5 Å². The summed E-state index contributed by atoms with van der Waals surface area (Å²) in [5, 5.41) is 12.2. The standard InChI is InChI=1S/C23H23N3O3/c24-16-18(14-17-4-7-20(8-5-17)26-10-2-1-3-11-26)23(27)25-19-6-9-21-22(15-19)29-13-12-28-21/h4-9,14-15H,1-3,10-13H2,(H,25,27)/b18-14+. The molecular formula is C23H23N3O3. The molecule has 29 heavy (non-hydrogen) atoms. The maximum absolute atomic E-state index is 12.5. The summed E-state index contributed by atoms with van der Waals surface area (Å²) in [6.45, 7) is 3.14. The molecule has 2 aliphatic rings. The number of nitrogens with zero attached hydrogens (tertiary/aromatic N) is 2. The molecule has 0 aromatic heterocycles. The summed E-state index contributed by atoms with van der Waals surface area (Å²) >= 11 is 0. The number of rotatable bonds is 4. The number of nitrogens with one attached hydrogen (secondary N) is 1. The van der Waals surface area contributed by atoms with Crippen LogP contribution in [0.5, 0.6) is 11.5 Å². The molecule has 0 bridgehead atoms. The average Bonchev–Trinajstić information content (AvgIpc) is 2.78. The minimum Gasteiger partial charge on any atom is -0.486 e. The zero-order chi connectivity index (χ0) is 20.1. The lowest BCUT2D eigenvalue weighted by Gasteiger charge is -2.28. The van der Waals surface area contributed by atoms with Crippen LogP contribution in [0.25, 0.3) is 6.08 Å². The molecule has 6 heteroatoms. The predicted octanol–water partition coefficient (Wildman–Crippen LogP) is 3.99. The van der Waals surface area contributed by atoms with E-state index in [2.05, 4.69) is 10.2 Å². The predicted molar refractivity (Wildman–Crippen MR) is 112 cm³/mol. The van der Waals surface area contributed by atoms with Crippen molar-refractivity contribution in [2.75, 3.05) is 36.5 Å². The lowest BCUT2D eigenvalue weighted by molar-refractivity contribution is -0.112. The Morgan fingerprint density at radius 2 is 1.72 bits per heavy atom. The van der Waals surface area contributed by atoms with Gasteiger partial charge in [0.25, 0.3) is 5.91 Å². The molecule has 2 aromatic carbocycles. The molecule has 6 nitrogen and oxygen atoms in total. The van der Waals surface area contributed by atoms with Crippen molar-refractivity contribution >= 4 is 23.4 Å². The molecule has 1 fully saturated rings. The van der Waals surface area contributed by atoms with Gasteiger partial charge >= 0.3 is 0 Å². The van der Waals surface area contributed by atoms with Gasteiger partial charge in [0.05, 0.1) is 0 Å². The molecule has 0 saturated carbocycles. The molecule has 0 radical (unpaired) electrons. The van der Waals surface area contributed by atoms with E-state index < -0.39 is 5.91 Å². The van der Waals surface area contributed by atoms with Crippen molar-refractivity contribution in [3.63, 3.8) is 0 Å². The van der Waals surface area contributed by atoms with Gasteiger partial charge in [0.15, 0.2) is 11.5 Å². The summed E-state index contributed by atoms with van der Waals surface area (Å²) in [5.41, 5.74) is 2.60. The van der Waals surface area contributed by atoms with E-state index in [0.29, 0.717) is 30.4 Å². The number of hydrogen-bond acceptors (Lipinski definition) is 5. The maximum atomic E-state index is 12.5. The third-order valence-electron chi connectivity index (χ3n) is 5.09. The van der Waals surface area contributed by atoms with E-state index in [1.165, 1.54) is 24.9 Å². The number of hydrogen-bond donors (Lipinski definition) is 1. The van der Waals surface area contributed by atoms with Crippen molar-refractivity contribution in [2.24, 2.45) is 0 Å². The summed E-state index contributed by atoms with van der Waals surface area (Å²) < 4.78 is 11.0. The fraction of sp³-hybridized carbons (Fsp3) is 0.304. The number of amides is 1. The van der Waals surface area contributed by atoms with Gasteiger partial charge in [-0.15, -0.1) is 0 Å². The molecule has 4 rings (SSSR count). The second-order valence-electron chi connectivity index (χ2n) is 7.12. The first-order valence-corrected chi connectivity index (χ1v) is 9.91. The number of ether oxygens (including phenoxy) is 2. The quantitative estimate of drug-likeness (QED) is 0.632. The van der Waals surface area contributed by atoms with Gasteiger partial charge in [-0.3, -0.25) is 4.79 Å².